The summed E-state index contributed by atoms with van der Waals surface area (Å²) < 4.78 is 5.81. The number of hydrogen-bond donors (Lipinski definition) is 1. The maximum atomic E-state index is 11.3. The summed E-state index contributed by atoms with van der Waals surface area (Å²) >= 11 is 0. The van der Waals surface area contributed by atoms with Gasteiger partial charge in [0.1, 0.15) is 11.5 Å². The lowest BCUT2D eigenvalue weighted by molar-refractivity contribution is 0.101. The summed E-state index contributed by atoms with van der Waals surface area (Å²) in [7, 11) is 0. The minimum atomic E-state index is -0.605. The standard InChI is InChI=1S/C23H22O3/c1-16-3-11-21(12-4-16)26-22-13-9-20(10-14-22)23(25)15-18-5-7-19(8-6-18)17(2)24/h3-14,23,25H,15H2,1-2H3. The van der Waals surface area contributed by atoms with Gasteiger partial charge in [0.15, 0.2) is 5.78 Å². The molecular formula is C23H22O3. The Bertz CT molecular complexity index is 863. The lowest BCUT2D eigenvalue weighted by atomic mass is 10.00. The average Bonchev–Trinajstić information content (AvgIpc) is 2.64. The Morgan fingerprint density at radius 1 is 0.885 bits per heavy atom. The van der Waals surface area contributed by atoms with E-state index < -0.39 is 6.10 Å². The van der Waals surface area contributed by atoms with E-state index in [4.69, 9.17) is 4.74 Å². The monoisotopic (exact) mass is 346 g/mol. The largest absolute Gasteiger partial charge is 0.457 e. The molecule has 0 amide bonds. The minimum absolute atomic E-state index is 0.0428. The van der Waals surface area contributed by atoms with Crippen molar-refractivity contribution in [3.8, 4) is 11.5 Å². The highest BCUT2D eigenvalue weighted by molar-refractivity contribution is 5.94. The van der Waals surface area contributed by atoms with Crippen LogP contribution in [-0.2, 0) is 6.42 Å². The Hall–Kier alpha value is -2.91. The molecule has 0 aliphatic rings. The molecule has 0 aliphatic heterocycles. The number of hydrogen-bond acceptors (Lipinski definition) is 3. The van der Waals surface area contributed by atoms with Crippen molar-refractivity contribution in [3.05, 3.63) is 95.1 Å². The van der Waals surface area contributed by atoms with Gasteiger partial charge in [-0.05, 0) is 49.2 Å². The Balaban J connectivity index is 1.63. The minimum Gasteiger partial charge on any atom is -0.457 e. The number of aliphatic hydroxyl groups is 1. The van der Waals surface area contributed by atoms with Crippen LogP contribution in [0.25, 0.3) is 0 Å². The van der Waals surface area contributed by atoms with Crippen molar-refractivity contribution in [2.75, 3.05) is 0 Å². The second-order valence-electron chi connectivity index (χ2n) is 6.46. The number of Topliss-reactive ketones (excluding diaryl/α,β-unsaturated/α-hetero) is 1. The fraction of sp³-hybridized carbons (Fsp3) is 0.174. The topological polar surface area (TPSA) is 46.5 Å². The van der Waals surface area contributed by atoms with E-state index in [2.05, 4.69) is 0 Å². The van der Waals surface area contributed by atoms with Crippen LogP contribution in [0.1, 0.15) is 40.1 Å². The molecule has 0 saturated heterocycles. The summed E-state index contributed by atoms with van der Waals surface area (Å²) in [5.41, 5.74) is 3.69. The molecule has 1 atom stereocenters. The van der Waals surface area contributed by atoms with Gasteiger partial charge in [-0.15, -0.1) is 0 Å². The molecule has 0 spiro atoms. The molecule has 1 N–H and O–H groups in total. The molecule has 0 fully saturated rings. The van der Waals surface area contributed by atoms with Crippen LogP contribution in [0.15, 0.2) is 72.8 Å². The first-order valence-electron chi connectivity index (χ1n) is 8.64. The number of rotatable bonds is 6. The van der Waals surface area contributed by atoms with Gasteiger partial charge in [-0.1, -0.05) is 54.1 Å². The van der Waals surface area contributed by atoms with Gasteiger partial charge in [-0.3, -0.25) is 4.79 Å². The summed E-state index contributed by atoms with van der Waals surface area (Å²) in [5.74, 6) is 1.56. The van der Waals surface area contributed by atoms with Crippen molar-refractivity contribution in [3.63, 3.8) is 0 Å². The third-order valence-electron chi connectivity index (χ3n) is 4.31. The van der Waals surface area contributed by atoms with Gasteiger partial charge >= 0.3 is 0 Å². The maximum absolute atomic E-state index is 11.3. The predicted molar refractivity (Wildman–Crippen MR) is 103 cm³/mol. The van der Waals surface area contributed by atoms with Gasteiger partial charge in [0, 0.05) is 12.0 Å². The van der Waals surface area contributed by atoms with Crippen molar-refractivity contribution in [1.29, 1.82) is 0 Å². The lowest BCUT2D eigenvalue weighted by Gasteiger charge is -2.13. The van der Waals surface area contributed by atoms with Crippen molar-refractivity contribution >= 4 is 5.78 Å². The molecule has 0 bridgehead atoms. The normalized spacial score (nSPS) is 11.8. The highest BCUT2D eigenvalue weighted by atomic mass is 16.5. The van der Waals surface area contributed by atoms with Gasteiger partial charge in [-0.2, -0.15) is 0 Å². The predicted octanol–water partition coefficient (Wildman–Crippen LogP) is 5.27. The van der Waals surface area contributed by atoms with E-state index in [-0.39, 0.29) is 5.78 Å². The van der Waals surface area contributed by atoms with Crippen molar-refractivity contribution in [1.82, 2.24) is 0 Å². The molecule has 26 heavy (non-hydrogen) atoms. The van der Waals surface area contributed by atoms with E-state index in [1.165, 1.54) is 5.56 Å². The van der Waals surface area contributed by atoms with E-state index >= 15 is 0 Å². The molecule has 0 aliphatic carbocycles. The summed E-state index contributed by atoms with van der Waals surface area (Å²) in [6.07, 6.45) is -0.109. The molecule has 3 rings (SSSR count). The number of carbonyl (C=O) groups excluding carboxylic acids is 1. The van der Waals surface area contributed by atoms with Crippen LogP contribution in [-0.4, -0.2) is 10.9 Å². The number of ketones is 1. The third-order valence-corrected chi connectivity index (χ3v) is 4.31. The first-order valence-corrected chi connectivity index (χ1v) is 8.64. The molecule has 1 unspecified atom stereocenters. The van der Waals surface area contributed by atoms with Gasteiger partial charge in [0.25, 0.3) is 0 Å². The van der Waals surface area contributed by atoms with Gasteiger partial charge in [0.2, 0.25) is 0 Å². The van der Waals surface area contributed by atoms with Crippen LogP contribution in [0.5, 0.6) is 11.5 Å². The van der Waals surface area contributed by atoms with Crippen LogP contribution < -0.4 is 4.74 Å². The van der Waals surface area contributed by atoms with Crippen LogP contribution >= 0.6 is 0 Å². The van der Waals surface area contributed by atoms with Crippen LogP contribution in [0.3, 0.4) is 0 Å². The van der Waals surface area contributed by atoms with Crippen LogP contribution in [0.4, 0.5) is 0 Å². The van der Waals surface area contributed by atoms with E-state index in [9.17, 15) is 9.90 Å². The Morgan fingerprint density at radius 2 is 1.42 bits per heavy atom. The zero-order valence-electron chi connectivity index (χ0n) is 15.0. The first-order chi connectivity index (χ1) is 12.5. The molecule has 3 aromatic rings. The molecule has 0 heterocycles. The highest BCUT2D eigenvalue weighted by Gasteiger charge is 2.10. The Morgan fingerprint density at radius 3 is 1.96 bits per heavy atom. The van der Waals surface area contributed by atoms with E-state index in [1.807, 2.05) is 67.6 Å². The van der Waals surface area contributed by atoms with E-state index in [0.29, 0.717) is 12.0 Å². The fourth-order valence-corrected chi connectivity index (χ4v) is 2.72. The highest BCUT2D eigenvalue weighted by Crippen LogP contribution is 2.25. The molecule has 0 aromatic heterocycles. The van der Waals surface area contributed by atoms with Crippen LogP contribution in [0, 0.1) is 6.92 Å². The lowest BCUT2D eigenvalue weighted by Crippen LogP contribution is -2.02. The smallest absolute Gasteiger partial charge is 0.159 e. The molecule has 3 nitrogen and oxygen atoms in total. The Kier molecular flexibility index (Phi) is 5.49. The van der Waals surface area contributed by atoms with Gasteiger partial charge < -0.3 is 9.84 Å². The number of aryl methyl sites for hydroxylation is 1. The molecule has 3 heteroatoms. The second kappa shape index (κ2) is 7.98. The molecule has 3 aromatic carbocycles. The zero-order valence-corrected chi connectivity index (χ0v) is 15.0. The second-order valence-corrected chi connectivity index (χ2v) is 6.46. The SMILES string of the molecule is CC(=O)c1ccc(CC(O)c2ccc(Oc3ccc(C)cc3)cc2)cc1. The zero-order chi connectivity index (χ0) is 18.5. The summed E-state index contributed by atoms with van der Waals surface area (Å²) in [4.78, 5) is 11.3. The molecule has 0 radical (unpaired) electrons. The summed E-state index contributed by atoms with van der Waals surface area (Å²) in [6.45, 7) is 3.58. The van der Waals surface area contributed by atoms with Crippen molar-refractivity contribution in [2.24, 2.45) is 0 Å². The molecular weight excluding hydrogens is 324 g/mol. The fourth-order valence-electron chi connectivity index (χ4n) is 2.72. The van der Waals surface area contributed by atoms with Gasteiger partial charge in [-0.25, -0.2) is 0 Å². The molecule has 0 saturated carbocycles. The number of carbonyl (C=O) groups is 1. The first kappa shape index (κ1) is 17.9. The van der Waals surface area contributed by atoms with E-state index in [0.717, 1.165) is 22.6 Å². The number of benzene rings is 3. The maximum Gasteiger partial charge on any atom is 0.159 e. The van der Waals surface area contributed by atoms with Crippen LogP contribution in [0.2, 0.25) is 0 Å². The van der Waals surface area contributed by atoms with Crippen molar-refractivity contribution < 1.29 is 14.6 Å². The number of ether oxygens (including phenoxy) is 1. The van der Waals surface area contributed by atoms with Gasteiger partial charge in [0.05, 0.1) is 6.10 Å². The average molecular weight is 346 g/mol. The van der Waals surface area contributed by atoms with Crippen molar-refractivity contribution in [2.45, 2.75) is 26.4 Å². The number of aliphatic hydroxyl groups excluding tert-OH is 1. The summed E-state index contributed by atoms with van der Waals surface area (Å²) in [5, 5.41) is 10.5. The van der Waals surface area contributed by atoms with E-state index in [1.54, 1.807) is 19.1 Å². The Labute approximate surface area is 153 Å². The molecule has 132 valence electrons. The third kappa shape index (κ3) is 4.58. The summed E-state index contributed by atoms with van der Waals surface area (Å²) in [6, 6.07) is 22.7. The quantitative estimate of drug-likeness (QED) is 0.619.